The fraction of sp³-hybridized carbons (Fsp3) is 0.200. The molecule has 4 N–H and O–H groups in total. The smallest absolute Gasteiger partial charge is 0.319 e. The standard InChI is InChI=1S/C20H21N5O2/c1-3-21-20(26)25-14-6-4-13(5-7-14)17-18(27-12(2)24-17)15-8-10-22-19-16(15)9-11-23-19/h4-12,24H,3H2,1-2H3,(H,22,23)(H2,21,25,26). The molecule has 0 saturated heterocycles. The summed E-state index contributed by atoms with van der Waals surface area (Å²) in [5, 5.41) is 9.91. The normalized spacial score (nSPS) is 16.1. The second kappa shape index (κ2) is 7.03. The van der Waals surface area contributed by atoms with Gasteiger partial charge in [-0.3, -0.25) is 0 Å². The van der Waals surface area contributed by atoms with Crippen LogP contribution >= 0.6 is 0 Å². The van der Waals surface area contributed by atoms with E-state index in [2.05, 4.69) is 25.9 Å². The van der Waals surface area contributed by atoms with E-state index in [0.29, 0.717) is 6.54 Å². The molecule has 3 heterocycles. The molecule has 3 aromatic rings. The van der Waals surface area contributed by atoms with Crippen LogP contribution in [0, 0.1) is 0 Å². The zero-order chi connectivity index (χ0) is 18.8. The highest BCUT2D eigenvalue weighted by Crippen LogP contribution is 2.35. The molecule has 1 aromatic carbocycles. The highest BCUT2D eigenvalue weighted by Gasteiger charge is 2.25. The number of carbonyl (C=O) groups excluding carboxylic acids is 1. The summed E-state index contributed by atoms with van der Waals surface area (Å²) in [4.78, 5) is 19.1. The van der Waals surface area contributed by atoms with Crippen molar-refractivity contribution in [2.45, 2.75) is 20.1 Å². The van der Waals surface area contributed by atoms with E-state index >= 15 is 0 Å². The van der Waals surface area contributed by atoms with Gasteiger partial charge in [-0.15, -0.1) is 0 Å². The number of aromatic nitrogens is 2. The van der Waals surface area contributed by atoms with Crippen LogP contribution in [0.15, 0.2) is 48.8 Å². The number of pyridine rings is 1. The van der Waals surface area contributed by atoms with E-state index in [9.17, 15) is 4.79 Å². The molecule has 0 bridgehead atoms. The zero-order valence-corrected chi connectivity index (χ0v) is 15.2. The zero-order valence-electron chi connectivity index (χ0n) is 15.2. The summed E-state index contributed by atoms with van der Waals surface area (Å²) in [6.07, 6.45) is 3.50. The van der Waals surface area contributed by atoms with Crippen LogP contribution in [0.25, 0.3) is 22.5 Å². The van der Waals surface area contributed by atoms with Gasteiger partial charge in [0, 0.05) is 41.1 Å². The van der Waals surface area contributed by atoms with Crippen molar-refractivity contribution >= 4 is 34.2 Å². The van der Waals surface area contributed by atoms with Gasteiger partial charge in [0.1, 0.15) is 5.65 Å². The first-order valence-corrected chi connectivity index (χ1v) is 8.91. The first kappa shape index (κ1) is 17.0. The predicted octanol–water partition coefficient (Wildman–Crippen LogP) is 3.50. The monoisotopic (exact) mass is 363 g/mol. The maximum atomic E-state index is 11.7. The number of nitrogens with one attached hydrogen (secondary N) is 4. The Morgan fingerprint density at radius 2 is 2.04 bits per heavy atom. The van der Waals surface area contributed by atoms with Gasteiger partial charge in [-0.25, -0.2) is 9.78 Å². The van der Waals surface area contributed by atoms with E-state index in [1.54, 1.807) is 6.20 Å². The molecular weight excluding hydrogens is 342 g/mol. The highest BCUT2D eigenvalue weighted by atomic mass is 16.5. The van der Waals surface area contributed by atoms with Gasteiger partial charge in [-0.1, -0.05) is 12.1 Å². The molecule has 1 atom stereocenters. The molecule has 0 spiro atoms. The number of hydrogen-bond donors (Lipinski definition) is 4. The summed E-state index contributed by atoms with van der Waals surface area (Å²) in [5.41, 5.74) is 4.44. The number of amides is 2. The Morgan fingerprint density at radius 3 is 2.81 bits per heavy atom. The minimum absolute atomic E-state index is 0.134. The Hall–Kier alpha value is -3.48. The second-order valence-corrected chi connectivity index (χ2v) is 6.27. The molecule has 0 saturated carbocycles. The van der Waals surface area contributed by atoms with Crippen molar-refractivity contribution < 1.29 is 9.53 Å². The molecule has 4 rings (SSSR count). The van der Waals surface area contributed by atoms with Gasteiger partial charge in [0.05, 0.1) is 5.70 Å². The summed E-state index contributed by atoms with van der Waals surface area (Å²) in [7, 11) is 0. The van der Waals surface area contributed by atoms with E-state index in [4.69, 9.17) is 4.74 Å². The molecule has 0 aliphatic carbocycles. The molecule has 1 aliphatic heterocycles. The predicted molar refractivity (Wildman–Crippen MR) is 106 cm³/mol. The van der Waals surface area contributed by atoms with Crippen LogP contribution in [0.4, 0.5) is 10.5 Å². The Kier molecular flexibility index (Phi) is 4.42. The highest BCUT2D eigenvalue weighted by molar-refractivity contribution is 5.97. The number of fused-ring (bicyclic) bond motifs is 1. The average Bonchev–Trinajstić information content (AvgIpc) is 3.29. The van der Waals surface area contributed by atoms with E-state index in [0.717, 1.165) is 39.3 Å². The van der Waals surface area contributed by atoms with Crippen LogP contribution in [-0.2, 0) is 4.74 Å². The minimum atomic E-state index is -0.215. The summed E-state index contributed by atoms with van der Waals surface area (Å²) in [6.45, 7) is 4.43. The van der Waals surface area contributed by atoms with E-state index < -0.39 is 0 Å². The van der Waals surface area contributed by atoms with Crippen molar-refractivity contribution in [1.82, 2.24) is 20.6 Å². The molecule has 138 valence electrons. The number of anilines is 1. The first-order valence-electron chi connectivity index (χ1n) is 8.91. The molecule has 7 heteroatoms. The number of ether oxygens (including phenoxy) is 1. The summed E-state index contributed by atoms with van der Waals surface area (Å²) in [6, 6.07) is 11.4. The maximum absolute atomic E-state index is 11.7. The molecule has 1 aliphatic rings. The van der Waals surface area contributed by atoms with Crippen molar-refractivity contribution in [3.63, 3.8) is 0 Å². The summed E-state index contributed by atoms with van der Waals surface area (Å²) in [5.74, 6) is 0.791. The topological polar surface area (TPSA) is 91.1 Å². The van der Waals surface area contributed by atoms with Crippen molar-refractivity contribution in [2.24, 2.45) is 0 Å². The van der Waals surface area contributed by atoms with Crippen molar-refractivity contribution in [3.05, 3.63) is 59.9 Å². The number of rotatable bonds is 4. The van der Waals surface area contributed by atoms with Crippen LogP contribution in [0.2, 0.25) is 0 Å². The molecule has 1 unspecified atom stereocenters. The minimum Gasteiger partial charge on any atom is -0.468 e. The van der Waals surface area contributed by atoms with Crippen LogP contribution in [0.5, 0.6) is 0 Å². The van der Waals surface area contributed by atoms with Crippen molar-refractivity contribution in [3.8, 4) is 0 Å². The second-order valence-electron chi connectivity index (χ2n) is 6.27. The average molecular weight is 363 g/mol. The molecule has 0 radical (unpaired) electrons. The van der Waals surface area contributed by atoms with E-state index in [1.165, 1.54) is 0 Å². The number of benzene rings is 1. The summed E-state index contributed by atoms with van der Waals surface area (Å²) >= 11 is 0. The lowest BCUT2D eigenvalue weighted by atomic mass is 10.1. The molecule has 7 nitrogen and oxygen atoms in total. The lowest BCUT2D eigenvalue weighted by molar-refractivity contribution is 0.192. The Balaban J connectivity index is 1.69. The number of H-pyrrole nitrogens is 1. The van der Waals surface area contributed by atoms with E-state index in [1.807, 2.05) is 56.4 Å². The fourth-order valence-electron chi connectivity index (χ4n) is 3.16. The van der Waals surface area contributed by atoms with Gasteiger partial charge in [-0.2, -0.15) is 0 Å². The third-order valence-electron chi connectivity index (χ3n) is 4.34. The van der Waals surface area contributed by atoms with Crippen LogP contribution in [-0.4, -0.2) is 28.8 Å². The maximum Gasteiger partial charge on any atom is 0.319 e. The Bertz CT molecular complexity index is 1010. The van der Waals surface area contributed by atoms with Crippen LogP contribution in [0.3, 0.4) is 0 Å². The lowest BCUT2D eigenvalue weighted by Crippen LogP contribution is -2.28. The lowest BCUT2D eigenvalue weighted by Gasteiger charge is -2.09. The number of carbonyl (C=O) groups is 1. The largest absolute Gasteiger partial charge is 0.468 e. The van der Waals surface area contributed by atoms with Gasteiger partial charge in [0.2, 0.25) is 0 Å². The summed E-state index contributed by atoms with van der Waals surface area (Å²) < 4.78 is 6.07. The number of hydrogen-bond acceptors (Lipinski definition) is 4. The SMILES string of the molecule is CCNC(=O)Nc1ccc(C2=C(c3ccnc4[nH]ccc34)OC(C)N2)cc1. The number of urea groups is 1. The number of nitrogens with zero attached hydrogens (tertiary/aromatic N) is 1. The quantitative estimate of drug-likeness (QED) is 0.571. The fourth-order valence-corrected chi connectivity index (χ4v) is 3.16. The van der Waals surface area contributed by atoms with Gasteiger partial charge < -0.3 is 25.7 Å². The van der Waals surface area contributed by atoms with Gasteiger partial charge in [0.25, 0.3) is 0 Å². The molecule has 2 amide bonds. The first-order chi connectivity index (χ1) is 13.2. The third kappa shape index (κ3) is 3.31. The van der Waals surface area contributed by atoms with Crippen molar-refractivity contribution in [2.75, 3.05) is 11.9 Å². The van der Waals surface area contributed by atoms with Crippen LogP contribution < -0.4 is 16.0 Å². The van der Waals surface area contributed by atoms with Gasteiger partial charge in [0.15, 0.2) is 12.0 Å². The van der Waals surface area contributed by atoms with Gasteiger partial charge in [-0.05, 0) is 38.1 Å². The van der Waals surface area contributed by atoms with Gasteiger partial charge >= 0.3 is 6.03 Å². The third-order valence-corrected chi connectivity index (χ3v) is 4.34. The molecule has 27 heavy (non-hydrogen) atoms. The molecule has 2 aromatic heterocycles. The van der Waals surface area contributed by atoms with Crippen molar-refractivity contribution in [1.29, 1.82) is 0 Å². The molecule has 0 fully saturated rings. The van der Waals surface area contributed by atoms with E-state index in [-0.39, 0.29) is 12.3 Å². The number of aromatic amines is 1. The van der Waals surface area contributed by atoms with Crippen LogP contribution in [0.1, 0.15) is 25.0 Å². The molecular formula is C20H21N5O2. The Labute approximate surface area is 156 Å². The Morgan fingerprint density at radius 1 is 1.22 bits per heavy atom.